The van der Waals surface area contributed by atoms with Gasteiger partial charge in [0.05, 0.1) is 38.0 Å². The Kier molecular flexibility index (Phi) is 9.42. The molecule has 2 heterocycles. The summed E-state index contributed by atoms with van der Waals surface area (Å²) in [7, 11) is 0. The zero-order valence-corrected chi connectivity index (χ0v) is 22.6. The second kappa shape index (κ2) is 12.9. The third-order valence-electron chi connectivity index (χ3n) is 7.01. The van der Waals surface area contributed by atoms with Crippen molar-refractivity contribution in [2.24, 2.45) is 0 Å². The molecule has 1 amide bonds. The summed E-state index contributed by atoms with van der Waals surface area (Å²) in [6.07, 6.45) is 2.01. The minimum Gasteiger partial charge on any atom is -0.507 e. The number of Topliss-reactive ketones (excluding diaryl/α,β-unsaturated/α-hetero) is 1. The number of hydrogen-bond acceptors (Lipinski definition) is 7. The van der Waals surface area contributed by atoms with Crippen LogP contribution in [0.2, 0.25) is 0 Å². The molecule has 204 valence electrons. The first-order valence-electron chi connectivity index (χ1n) is 13.5. The van der Waals surface area contributed by atoms with Crippen molar-refractivity contribution in [2.45, 2.75) is 39.7 Å². The van der Waals surface area contributed by atoms with Crippen LogP contribution in [0, 0.1) is 6.92 Å². The predicted octanol–water partition coefficient (Wildman–Crippen LogP) is 4.33. The van der Waals surface area contributed by atoms with Crippen molar-refractivity contribution in [3.63, 3.8) is 0 Å². The third kappa shape index (κ3) is 6.19. The normalized spacial score (nSPS) is 19.7. The van der Waals surface area contributed by atoms with Gasteiger partial charge in [-0.1, -0.05) is 25.5 Å². The van der Waals surface area contributed by atoms with Gasteiger partial charge < -0.3 is 24.2 Å². The molecule has 2 aliphatic rings. The first kappa shape index (κ1) is 27.7. The monoisotopic (exact) mass is 522 g/mol. The number of ether oxygens (including phenoxy) is 3. The molecule has 1 atom stereocenters. The van der Waals surface area contributed by atoms with E-state index < -0.39 is 17.7 Å². The molecule has 8 heteroatoms. The lowest BCUT2D eigenvalue weighted by Gasteiger charge is -2.31. The number of aliphatic hydroxyl groups excluding tert-OH is 1. The fourth-order valence-electron chi connectivity index (χ4n) is 4.88. The van der Waals surface area contributed by atoms with E-state index in [-0.39, 0.29) is 11.3 Å². The molecule has 0 bridgehead atoms. The van der Waals surface area contributed by atoms with Gasteiger partial charge in [-0.25, -0.2) is 0 Å². The lowest BCUT2D eigenvalue weighted by molar-refractivity contribution is -0.140. The minimum atomic E-state index is -0.701. The number of benzene rings is 2. The van der Waals surface area contributed by atoms with E-state index in [2.05, 4.69) is 11.8 Å². The number of carbonyl (C=O) groups excluding carboxylic acids is 2. The second-order valence-corrected chi connectivity index (χ2v) is 9.63. The van der Waals surface area contributed by atoms with Gasteiger partial charge in [-0.05, 0) is 61.7 Å². The highest BCUT2D eigenvalue weighted by atomic mass is 16.5. The van der Waals surface area contributed by atoms with Crippen LogP contribution in [-0.4, -0.2) is 79.2 Å². The van der Waals surface area contributed by atoms with Gasteiger partial charge in [0.1, 0.15) is 17.3 Å². The van der Waals surface area contributed by atoms with Crippen molar-refractivity contribution in [3.05, 3.63) is 64.7 Å². The smallest absolute Gasteiger partial charge is 0.295 e. The summed E-state index contributed by atoms with van der Waals surface area (Å²) >= 11 is 0. The Balaban J connectivity index is 1.69. The SMILES string of the molecule is CCCCOc1ccc(C2C(=C(O)c3ccc(OCC)c(C)c3)C(=O)C(=O)N2CCN2CCOCC2)cc1. The maximum Gasteiger partial charge on any atom is 0.295 e. The van der Waals surface area contributed by atoms with Crippen LogP contribution < -0.4 is 9.47 Å². The number of likely N-dealkylation sites (tertiary alicyclic amines) is 1. The van der Waals surface area contributed by atoms with Gasteiger partial charge in [0.25, 0.3) is 11.7 Å². The van der Waals surface area contributed by atoms with Crippen LogP contribution in [0.4, 0.5) is 0 Å². The fourth-order valence-corrected chi connectivity index (χ4v) is 4.88. The first-order valence-corrected chi connectivity index (χ1v) is 13.5. The summed E-state index contributed by atoms with van der Waals surface area (Å²) in [4.78, 5) is 30.5. The van der Waals surface area contributed by atoms with Crippen molar-refractivity contribution < 1.29 is 28.9 Å². The van der Waals surface area contributed by atoms with Crippen molar-refractivity contribution in [1.82, 2.24) is 9.80 Å². The molecule has 0 aromatic heterocycles. The first-order chi connectivity index (χ1) is 18.4. The predicted molar refractivity (Wildman–Crippen MR) is 145 cm³/mol. The third-order valence-corrected chi connectivity index (χ3v) is 7.01. The van der Waals surface area contributed by atoms with E-state index in [1.807, 2.05) is 38.1 Å². The van der Waals surface area contributed by atoms with Crippen LogP contribution in [0.25, 0.3) is 5.76 Å². The van der Waals surface area contributed by atoms with E-state index in [1.54, 1.807) is 23.1 Å². The Morgan fingerprint density at radius 3 is 2.42 bits per heavy atom. The molecule has 0 radical (unpaired) electrons. The summed E-state index contributed by atoms with van der Waals surface area (Å²) in [6, 6.07) is 12.0. The van der Waals surface area contributed by atoms with E-state index in [0.717, 1.165) is 42.8 Å². The summed E-state index contributed by atoms with van der Waals surface area (Å²) in [5.41, 5.74) is 2.16. The Morgan fingerprint density at radius 1 is 1.03 bits per heavy atom. The Labute approximate surface area is 224 Å². The van der Waals surface area contributed by atoms with Crippen LogP contribution in [-0.2, 0) is 14.3 Å². The van der Waals surface area contributed by atoms with Gasteiger partial charge in [-0.2, -0.15) is 0 Å². The molecule has 2 aliphatic heterocycles. The summed E-state index contributed by atoms with van der Waals surface area (Å²) in [6.45, 7) is 10.9. The quantitative estimate of drug-likeness (QED) is 0.203. The van der Waals surface area contributed by atoms with Crippen molar-refractivity contribution in [3.8, 4) is 11.5 Å². The highest BCUT2D eigenvalue weighted by molar-refractivity contribution is 6.46. The molecule has 1 N–H and O–H groups in total. The maximum absolute atomic E-state index is 13.4. The number of aryl methyl sites for hydroxylation is 1. The molecule has 38 heavy (non-hydrogen) atoms. The highest BCUT2D eigenvalue weighted by Crippen LogP contribution is 2.40. The molecule has 2 fully saturated rings. The lowest BCUT2D eigenvalue weighted by atomic mass is 9.94. The van der Waals surface area contributed by atoms with Crippen molar-refractivity contribution in [2.75, 3.05) is 52.6 Å². The number of unbranched alkanes of at least 4 members (excludes halogenated alkanes) is 1. The number of morpholine rings is 1. The standard InChI is InChI=1S/C30H38N2O6/c1-4-6-17-38-24-10-7-22(8-11-24)27-26(28(33)23-9-12-25(37-5-2)21(3)20-23)29(34)30(35)32(27)14-13-31-15-18-36-19-16-31/h7-12,20,27,33H,4-6,13-19H2,1-3H3. The van der Waals surface area contributed by atoms with Gasteiger partial charge >= 0.3 is 0 Å². The van der Waals surface area contributed by atoms with Crippen LogP contribution >= 0.6 is 0 Å². The molecule has 0 spiro atoms. The zero-order chi connectivity index (χ0) is 27.1. The largest absolute Gasteiger partial charge is 0.507 e. The molecule has 2 aromatic carbocycles. The molecule has 2 aromatic rings. The van der Waals surface area contributed by atoms with E-state index in [1.165, 1.54) is 0 Å². The Hall–Kier alpha value is -3.36. The minimum absolute atomic E-state index is 0.0974. The molecular formula is C30H38N2O6. The van der Waals surface area contributed by atoms with E-state index in [0.29, 0.717) is 50.8 Å². The van der Waals surface area contributed by atoms with E-state index >= 15 is 0 Å². The molecular weight excluding hydrogens is 484 g/mol. The molecule has 0 aliphatic carbocycles. The second-order valence-electron chi connectivity index (χ2n) is 9.63. The zero-order valence-electron chi connectivity index (χ0n) is 22.6. The maximum atomic E-state index is 13.4. The Bertz CT molecular complexity index is 1150. The van der Waals surface area contributed by atoms with Gasteiger partial charge in [-0.3, -0.25) is 14.5 Å². The summed E-state index contributed by atoms with van der Waals surface area (Å²) < 4.78 is 16.9. The van der Waals surface area contributed by atoms with Crippen LogP contribution in [0.15, 0.2) is 48.0 Å². The number of carbonyl (C=O) groups is 2. The molecule has 4 rings (SSSR count). The number of rotatable bonds is 11. The van der Waals surface area contributed by atoms with Gasteiger partial charge in [0.2, 0.25) is 0 Å². The number of aliphatic hydroxyl groups is 1. The topological polar surface area (TPSA) is 88.5 Å². The molecule has 2 saturated heterocycles. The van der Waals surface area contributed by atoms with Gasteiger partial charge in [0, 0.05) is 31.7 Å². The number of amides is 1. The van der Waals surface area contributed by atoms with Crippen molar-refractivity contribution >= 4 is 17.4 Å². The van der Waals surface area contributed by atoms with Crippen LogP contribution in [0.5, 0.6) is 11.5 Å². The van der Waals surface area contributed by atoms with Crippen molar-refractivity contribution in [1.29, 1.82) is 0 Å². The van der Waals surface area contributed by atoms with E-state index in [4.69, 9.17) is 14.2 Å². The number of nitrogens with zero attached hydrogens (tertiary/aromatic N) is 2. The van der Waals surface area contributed by atoms with Crippen LogP contribution in [0.1, 0.15) is 49.4 Å². The average molecular weight is 523 g/mol. The van der Waals surface area contributed by atoms with E-state index in [9.17, 15) is 14.7 Å². The molecule has 0 saturated carbocycles. The van der Waals surface area contributed by atoms with Gasteiger partial charge in [0.15, 0.2) is 0 Å². The number of ketones is 1. The van der Waals surface area contributed by atoms with Gasteiger partial charge in [-0.15, -0.1) is 0 Å². The summed E-state index contributed by atoms with van der Waals surface area (Å²) in [5.74, 6) is -0.0171. The molecule has 8 nitrogen and oxygen atoms in total. The fraction of sp³-hybridized carbons (Fsp3) is 0.467. The average Bonchev–Trinajstić information content (AvgIpc) is 3.18. The van der Waals surface area contributed by atoms with Crippen LogP contribution in [0.3, 0.4) is 0 Å². The lowest BCUT2D eigenvalue weighted by Crippen LogP contribution is -2.42. The summed E-state index contributed by atoms with van der Waals surface area (Å²) in [5, 5.41) is 11.4. The molecule has 1 unspecified atom stereocenters. The highest BCUT2D eigenvalue weighted by Gasteiger charge is 2.46. The Morgan fingerprint density at radius 2 is 1.76 bits per heavy atom. The number of hydrogen-bond donors (Lipinski definition) is 1.